The summed E-state index contributed by atoms with van der Waals surface area (Å²) in [6.07, 6.45) is 2.41. The predicted octanol–water partition coefficient (Wildman–Crippen LogP) is 2.44. The maximum Gasteiger partial charge on any atom is 0.311 e. The van der Waals surface area contributed by atoms with Crippen LogP contribution >= 0.6 is 0 Å². The van der Waals surface area contributed by atoms with Crippen LogP contribution in [0.25, 0.3) is 0 Å². The van der Waals surface area contributed by atoms with Crippen LogP contribution in [-0.2, 0) is 9.53 Å². The number of amides is 1. The van der Waals surface area contributed by atoms with Crippen LogP contribution < -0.4 is 9.47 Å². The van der Waals surface area contributed by atoms with Gasteiger partial charge in [0.25, 0.3) is 5.91 Å². The third-order valence-electron chi connectivity index (χ3n) is 5.59. The monoisotopic (exact) mass is 377 g/mol. The molecule has 0 unspecified atom stereocenters. The van der Waals surface area contributed by atoms with Gasteiger partial charge >= 0.3 is 5.97 Å². The summed E-state index contributed by atoms with van der Waals surface area (Å²) in [7, 11) is 1.54. The van der Waals surface area contributed by atoms with Gasteiger partial charge in [0.15, 0.2) is 11.5 Å². The molecule has 27 heavy (non-hydrogen) atoms. The molecule has 0 radical (unpaired) electrons. The highest BCUT2D eigenvalue weighted by Gasteiger charge is 2.54. The van der Waals surface area contributed by atoms with Gasteiger partial charge in [0.05, 0.1) is 25.7 Å². The predicted molar refractivity (Wildman–Crippen MR) is 98.3 cm³/mol. The Balaban J connectivity index is 1.77. The van der Waals surface area contributed by atoms with Crippen molar-refractivity contribution in [2.75, 3.05) is 40.0 Å². The molecule has 0 spiro atoms. The second-order valence-electron chi connectivity index (χ2n) is 7.24. The van der Waals surface area contributed by atoms with E-state index >= 15 is 0 Å². The molecule has 7 nitrogen and oxygen atoms in total. The highest BCUT2D eigenvalue weighted by molar-refractivity contribution is 5.95. The molecule has 0 aliphatic carbocycles. The average molecular weight is 377 g/mol. The third kappa shape index (κ3) is 3.74. The standard InChI is InChI=1S/C20H27NO6/c1-3-4-8-27-16-6-5-14(10-17(16)25-2)18(22)21-11-15-12-26-9-7-20(15,13-21)19(23)24/h5-6,10,15H,3-4,7-9,11-13H2,1-2H3,(H,23,24)/t15-,20+/m0/s1. The smallest absolute Gasteiger partial charge is 0.311 e. The van der Waals surface area contributed by atoms with E-state index in [0.29, 0.717) is 49.8 Å². The molecule has 1 aromatic carbocycles. The van der Waals surface area contributed by atoms with Crippen molar-refractivity contribution in [3.63, 3.8) is 0 Å². The van der Waals surface area contributed by atoms with E-state index in [2.05, 4.69) is 6.92 Å². The van der Waals surface area contributed by atoms with Crippen molar-refractivity contribution in [1.82, 2.24) is 4.90 Å². The number of nitrogens with zero attached hydrogens (tertiary/aromatic N) is 1. The number of carboxylic acid groups (broad SMARTS) is 1. The number of likely N-dealkylation sites (tertiary alicyclic amines) is 1. The SMILES string of the molecule is CCCCOc1ccc(C(=O)N2C[C@H]3COCC[C@@]3(C(=O)O)C2)cc1OC. The van der Waals surface area contributed by atoms with Gasteiger partial charge in [0, 0.05) is 31.2 Å². The van der Waals surface area contributed by atoms with E-state index in [1.807, 2.05) is 0 Å². The quantitative estimate of drug-likeness (QED) is 0.735. The Morgan fingerprint density at radius 3 is 2.85 bits per heavy atom. The number of unbranched alkanes of at least 4 members (excludes halogenated alkanes) is 1. The molecule has 7 heteroatoms. The highest BCUT2D eigenvalue weighted by atomic mass is 16.5. The van der Waals surface area contributed by atoms with Crippen molar-refractivity contribution < 1.29 is 28.9 Å². The van der Waals surface area contributed by atoms with Crippen molar-refractivity contribution in [3.05, 3.63) is 23.8 Å². The van der Waals surface area contributed by atoms with Crippen LogP contribution in [0.15, 0.2) is 18.2 Å². The van der Waals surface area contributed by atoms with Crippen molar-refractivity contribution in [1.29, 1.82) is 0 Å². The first kappa shape index (κ1) is 19.5. The zero-order valence-electron chi connectivity index (χ0n) is 15.9. The first-order chi connectivity index (χ1) is 13.0. The number of carbonyl (C=O) groups excluding carboxylic acids is 1. The number of fused-ring (bicyclic) bond motifs is 1. The molecule has 0 saturated carbocycles. The number of carboxylic acids is 1. The van der Waals surface area contributed by atoms with Gasteiger partial charge in [0.1, 0.15) is 0 Å². The first-order valence-corrected chi connectivity index (χ1v) is 9.43. The Kier molecular flexibility index (Phi) is 5.89. The lowest BCUT2D eigenvalue weighted by Crippen LogP contribution is -2.45. The van der Waals surface area contributed by atoms with Gasteiger partial charge in [-0.2, -0.15) is 0 Å². The minimum Gasteiger partial charge on any atom is -0.493 e. The summed E-state index contributed by atoms with van der Waals surface area (Å²) in [4.78, 5) is 26.5. The lowest BCUT2D eigenvalue weighted by molar-refractivity contribution is -0.157. The number of benzene rings is 1. The summed E-state index contributed by atoms with van der Waals surface area (Å²) in [6.45, 7) is 4.08. The van der Waals surface area contributed by atoms with Crippen LogP contribution in [0.5, 0.6) is 11.5 Å². The van der Waals surface area contributed by atoms with Crippen LogP contribution in [-0.4, -0.2) is 61.9 Å². The van der Waals surface area contributed by atoms with Gasteiger partial charge in [-0.15, -0.1) is 0 Å². The van der Waals surface area contributed by atoms with Gasteiger partial charge in [-0.1, -0.05) is 13.3 Å². The fourth-order valence-corrected chi connectivity index (χ4v) is 3.88. The molecular formula is C20H27NO6. The molecule has 1 amide bonds. The summed E-state index contributed by atoms with van der Waals surface area (Å²) in [5.74, 6) is -0.101. The number of rotatable bonds is 7. The zero-order chi connectivity index (χ0) is 19.4. The van der Waals surface area contributed by atoms with Gasteiger partial charge in [-0.05, 0) is 31.0 Å². The lowest BCUT2D eigenvalue weighted by atomic mass is 9.74. The Bertz CT molecular complexity index is 706. The molecule has 2 heterocycles. The molecule has 0 bridgehead atoms. The van der Waals surface area contributed by atoms with Gasteiger partial charge in [0.2, 0.25) is 0 Å². The van der Waals surface area contributed by atoms with E-state index in [1.54, 1.807) is 23.1 Å². The van der Waals surface area contributed by atoms with Gasteiger partial charge in [-0.25, -0.2) is 0 Å². The summed E-state index contributed by atoms with van der Waals surface area (Å²) in [6, 6.07) is 5.11. The number of hydrogen-bond acceptors (Lipinski definition) is 5. The van der Waals surface area contributed by atoms with Crippen molar-refractivity contribution in [3.8, 4) is 11.5 Å². The number of methoxy groups -OCH3 is 1. The van der Waals surface area contributed by atoms with Crippen LogP contribution in [0.1, 0.15) is 36.5 Å². The van der Waals surface area contributed by atoms with Crippen molar-refractivity contribution >= 4 is 11.9 Å². The van der Waals surface area contributed by atoms with E-state index in [1.165, 1.54) is 7.11 Å². The largest absolute Gasteiger partial charge is 0.493 e. The molecule has 0 aromatic heterocycles. The molecule has 2 aliphatic heterocycles. The molecule has 2 atom stereocenters. The molecule has 1 aromatic rings. The van der Waals surface area contributed by atoms with Crippen LogP contribution in [0.4, 0.5) is 0 Å². The van der Waals surface area contributed by atoms with E-state index in [4.69, 9.17) is 14.2 Å². The summed E-state index contributed by atoms with van der Waals surface area (Å²) >= 11 is 0. The summed E-state index contributed by atoms with van der Waals surface area (Å²) in [5, 5.41) is 9.76. The normalized spacial score (nSPS) is 24.4. The van der Waals surface area contributed by atoms with Crippen molar-refractivity contribution in [2.45, 2.75) is 26.2 Å². The fourth-order valence-electron chi connectivity index (χ4n) is 3.88. The lowest BCUT2D eigenvalue weighted by Gasteiger charge is -2.33. The third-order valence-corrected chi connectivity index (χ3v) is 5.59. The summed E-state index contributed by atoms with van der Waals surface area (Å²) < 4.78 is 16.5. The van der Waals surface area contributed by atoms with E-state index in [9.17, 15) is 14.7 Å². The van der Waals surface area contributed by atoms with Crippen LogP contribution in [0.2, 0.25) is 0 Å². The Morgan fingerprint density at radius 1 is 1.37 bits per heavy atom. The van der Waals surface area contributed by atoms with Crippen molar-refractivity contribution in [2.24, 2.45) is 11.3 Å². The minimum atomic E-state index is -0.902. The molecule has 2 aliphatic rings. The van der Waals surface area contributed by atoms with E-state index < -0.39 is 11.4 Å². The second-order valence-corrected chi connectivity index (χ2v) is 7.24. The Hall–Kier alpha value is -2.28. The molecular weight excluding hydrogens is 350 g/mol. The Labute approximate surface area is 159 Å². The van der Waals surface area contributed by atoms with Crippen LogP contribution in [0, 0.1) is 11.3 Å². The number of carbonyl (C=O) groups is 2. The first-order valence-electron chi connectivity index (χ1n) is 9.43. The molecule has 2 saturated heterocycles. The second kappa shape index (κ2) is 8.17. The Morgan fingerprint density at radius 2 is 2.19 bits per heavy atom. The fraction of sp³-hybridized carbons (Fsp3) is 0.600. The molecule has 2 fully saturated rings. The number of hydrogen-bond donors (Lipinski definition) is 1. The van der Waals surface area contributed by atoms with Crippen LogP contribution in [0.3, 0.4) is 0 Å². The molecule has 3 rings (SSSR count). The van der Waals surface area contributed by atoms with E-state index in [-0.39, 0.29) is 18.4 Å². The maximum absolute atomic E-state index is 13.0. The minimum absolute atomic E-state index is 0.175. The number of aliphatic carboxylic acids is 1. The number of ether oxygens (including phenoxy) is 3. The zero-order valence-corrected chi connectivity index (χ0v) is 15.9. The van der Waals surface area contributed by atoms with Gasteiger partial charge < -0.3 is 24.2 Å². The molecule has 1 N–H and O–H groups in total. The topological polar surface area (TPSA) is 85.3 Å². The molecule has 148 valence electrons. The van der Waals surface area contributed by atoms with E-state index in [0.717, 1.165) is 12.8 Å². The van der Waals surface area contributed by atoms with Gasteiger partial charge in [-0.3, -0.25) is 9.59 Å². The average Bonchev–Trinajstić information content (AvgIpc) is 3.09. The maximum atomic E-state index is 13.0. The highest BCUT2D eigenvalue weighted by Crippen LogP contribution is 2.43. The summed E-state index contributed by atoms with van der Waals surface area (Å²) in [5.41, 5.74) is -0.434.